The third-order valence-electron chi connectivity index (χ3n) is 3.82. The highest BCUT2D eigenvalue weighted by Crippen LogP contribution is 2.36. The van der Waals surface area contributed by atoms with Crippen LogP contribution >= 0.6 is 11.6 Å². The molecular weight excluding hydrogens is 441 g/mol. The molecule has 0 atom stereocenters. The molecular formula is C20H10ClF7O2. The number of benzene rings is 3. The second-order valence-corrected chi connectivity index (χ2v) is 6.40. The number of halogens is 8. The second kappa shape index (κ2) is 8.06. The highest BCUT2D eigenvalue weighted by molar-refractivity contribution is 6.30. The number of alkyl halides is 5. The average molecular weight is 451 g/mol. The summed E-state index contributed by atoms with van der Waals surface area (Å²) in [6.45, 7) is 0. The largest absolute Gasteiger partial charge is 0.573 e. The van der Waals surface area contributed by atoms with Crippen molar-refractivity contribution in [3.8, 4) is 22.6 Å². The van der Waals surface area contributed by atoms with Crippen molar-refractivity contribution in [2.24, 2.45) is 0 Å². The van der Waals surface area contributed by atoms with E-state index in [1.54, 1.807) is 0 Å². The Bertz CT molecular complexity index is 1010. The van der Waals surface area contributed by atoms with E-state index in [1.807, 2.05) is 0 Å². The van der Waals surface area contributed by atoms with Crippen molar-refractivity contribution in [2.45, 2.75) is 12.5 Å². The van der Waals surface area contributed by atoms with Gasteiger partial charge >= 0.3 is 12.5 Å². The van der Waals surface area contributed by atoms with Gasteiger partial charge < -0.3 is 9.47 Å². The van der Waals surface area contributed by atoms with Crippen LogP contribution in [0.3, 0.4) is 0 Å². The van der Waals surface area contributed by atoms with Crippen LogP contribution < -0.4 is 9.47 Å². The summed E-state index contributed by atoms with van der Waals surface area (Å²) in [6, 6.07) is 10.9. The molecule has 10 heteroatoms. The Morgan fingerprint density at radius 1 is 0.633 bits per heavy atom. The lowest BCUT2D eigenvalue weighted by molar-refractivity contribution is -0.274. The van der Waals surface area contributed by atoms with Crippen LogP contribution in [-0.2, 0) is 6.11 Å². The van der Waals surface area contributed by atoms with Crippen molar-refractivity contribution >= 4 is 11.6 Å². The molecule has 30 heavy (non-hydrogen) atoms. The van der Waals surface area contributed by atoms with E-state index in [-0.39, 0.29) is 5.02 Å². The molecule has 0 saturated carbocycles. The van der Waals surface area contributed by atoms with E-state index < -0.39 is 41.2 Å². The summed E-state index contributed by atoms with van der Waals surface area (Å²) in [5.41, 5.74) is -0.651. The van der Waals surface area contributed by atoms with Crippen molar-refractivity contribution in [2.75, 3.05) is 0 Å². The summed E-state index contributed by atoms with van der Waals surface area (Å²) in [5, 5.41) is -0.388. The van der Waals surface area contributed by atoms with Crippen molar-refractivity contribution in [3.63, 3.8) is 0 Å². The molecule has 0 N–H and O–H groups in total. The Hall–Kier alpha value is -2.94. The molecule has 0 radical (unpaired) electrons. The fraction of sp³-hybridized carbons (Fsp3) is 0.100. The maximum atomic E-state index is 14.2. The first-order chi connectivity index (χ1) is 13.9. The van der Waals surface area contributed by atoms with Gasteiger partial charge in [-0.2, -0.15) is 8.78 Å². The molecule has 0 aliphatic heterocycles. The number of rotatable bonds is 5. The van der Waals surface area contributed by atoms with E-state index in [4.69, 9.17) is 11.6 Å². The molecule has 0 heterocycles. The summed E-state index contributed by atoms with van der Waals surface area (Å²) < 4.78 is 101. The van der Waals surface area contributed by atoms with Crippen LogP contribution in [0.25, 0.3) is 11.1 Å². The Morgan fingerprint density at radius 3 is 1.43 bits per heavy atom. The lowest BCUT2D eigenvalue weighted by atomic mass is 10.1. The molecule has 0 aromatic heterocycles. The minimum atomic E-state index is -4.82. The van der Waals surface area contributed by atoms with Gasteiger partial charge in [-0.15, -0.1) is 13.2 Å². The highest BCUT2D eigenvalue weighted by atomic mass is 35.5. The Labute approximate surface area is 170 Å². The second-order valence-electron chi connectivity index (χ2n) is 5.96. The molecule has 3 aromatic rings. The van der Waals surface area contributed by atoms with Crippen LogP contribution in [0.5, 0.6) is 11.5 Å². The van der Waals surface area contributed by atoms with Gasteiger partial charge in [-0.25, -0.2) is 8.78 Å². The van der Waals surface area contributed by atoms with Gasteiger partial charge in [0, 0.05) is 5.02 Å². The smallest absolute Gasteiger partial charge is 0.429 e. The first kappa shape index (κ1) is 21.8. The van der Waals surface area contributed by atoms with Crippen LogP contribution in [0.4, 0.5) is 30.7 Å². The molecule has 3 aromatic carbocycles. The van der Waals surface area contributed by atoms with Crippen LogP contribution in [-0.4, -0.2) is 6.36 Å². The normalized spacial score (nSPS) is 12.0. The van der Waals surface area contributed by atoms with E-state index in [2.05, 4.69) is 9.47 Å². The topological polar surface area (TPSA) is 18.5 Å². The maximum Gasteiger partial charge on any atom is 0.573 e. The molecule has 0 amide bonds. The van der Waals surface area contributed by atoms with Gasteiger partial charge in [0.2, 0.25) is 0 Å². The Morgan fingerprint density at radius 2 is 1.03 bits per heavy atom. The average Bonchev–Trinajstić information content (AvgIpc) is 2.60. The SMILES string of the molecule is Fc1cc(Cl)cc(F)c1C(F)(F)Oc1ccc(-c2ccc(OC(F)(F)F)cc2)cc1. The molecule has 3 rings (SSSR count). The standard InChI is InChI=1S/C20H10ClF7O2/c21-13-9-16(22)18(17(23)10-13)19(24,25)29-14-5-1-11(2-6-14)12-3-7-15(8-4-12)30-20(26,27)28/h1-10H. The summed E-state index contributed by atoms with van der Waals surface area (Å²) in [5.74, 6) is -3.95. The van der Waals surface area contributed by atoms with Crippen LogP contribution in [0.15, 0.2) is 60.7 Å². The van der Waals surface area contributed by atoms with Gasteiger partial charge in [0.25, 0.3) is 0 Å². The van der Waals surface area contributed by atoms with Crippen molar-refractivity contribution in [3.05, 3.63) is 82.9 Å². The highest BCUT2D eigenvalue weighted by Gasteiger charge is 2.41. The van der Waals surface area contributed by atoms with Gasteiger partial charge in [0.15, 0.2) is 0 Å². The van der Waals surface area contributed by atoms with Crippen molar-refractivity contribution < 1.29 is 40.2 Å². The lowest BCUT2D eigenvalue weighted by Crippen LogP contribution is -2.25. The summed E-state index contributed by atoms with van der Waals surface area (Å²) >= 11 is 5.42. The van der Waals surface area contributed by atoms with Crippen LogP contribution in [0, 0.1) is 11.6 Å². The van der Waals surface area contributed by atoms with E-state index >= 15 is 0 Å². The van der Waals surface area contributed by atoms with E-state index in [0.29, 0.717) is 23.3 Å². The molecule has 2 nitrogen and oxygen atoms in total. The first-order valence-electron chi connectivity index (χ1n) is 8.13. The van der Waals surface area contributed by atoms with Gasteiger partial charge in [0.05, 0.1) is 0 Å². The van der Waals surface area contributed by atoms with E-state index in [1.165, 1.54) is 24.3 Å². The lowest BCUT2D eigenvalue weighted by Gasteiger charge is -2.19. The molecule has 0 saturated heterocycles. The fourth-order valence-electron chi connectivity index (χ4n) is 2.58. The van der Waals surface area contributed by atoms with Gasteiger partial charge in [-0.05, 0) is 47.5 Å². The summed E-state index contributed by atoms with van der Waals surface area (Å²) in [4.78, 5) is 0. The quantitative estimate of drug-likeness (QED) is 0.379. The predicted octanol–water partition coefficient (Wildman–Crippen LogP) is 7.31. The number of hydrogen-bond acceptors (Lipinski definition) is 2. The summed E-state index contributed by atoms with van der Waals surface area (Å²) in [7, 11) is 0. The first-order valence-corrected chi connectivity index (χ1v) is 8.50. The van der Waals surface area contributed by atoms with Crippen molar-refractivity contribution in [1.29, 1.82) is 0 Å². The Kier molecular flexibility index (Phi) is 5.85. The summed E-state index contributed by atoms with van der Waals surface area (Å²) in [6.07, 6.45) is -9.15. The minimum Gasteiger partial charge on any atom is -0.429 e. The zero-order valence-electron chi connectivity index (χ0n) is 14.6. The minimum absolute atomic E-state index is 0.388. The molecule has 0 unspecified atom stereocenters. The molecule has 0 fully saturated rings. The molecule has 0 spiro atoms. The zero-order valence-corrected chi connectivity index (χ0v) is 15.4. The molecule has 0 aliphatic rings. The monoisotopic (exact) mass is 450 g/mol. The Balaban J connectivity index is 1.77. The van der Waals surface area contributed by atoms with E-state index in [9.17, 15) is 30.7 Å². The van der Waals surface area contributed by atoms with Gasteiger partial charge in [0.1, 0.15) is 28.7 Å². The predicted molar refractivity (Wildman–Crippen MR) is 94.5 cm³/mol. The van der Waals surface area contributed by atoms with Crippen molar-refractivity contribution in [1.82, 2.24) is 0 Å². The maximum absolute atomic E-state index is 14.2. The molecule has 0 bridgehead atoms. The van der Waals surface area contributed by atoms with Crippen LogP contribution in [0.1, 0.15) is 5.56 Å². The third-order valence-corrected chi connectivity index (χ3v) is 4.04. The third kappa shape index (κ3) is 5.15. The van der Waals surface area contributed by atoms with Gasteiger partial charge in [-0.1, -0.05) is 35.9 Å². The van der Waals surface area contributed by atoms with Gasteiger partial charge in [-0.3, -0.25) is 0 Å². The van der Waals surface area contributed by atoms with E-state index in [0.717, 1.165) is 24.3 Å². The number of ether oxygens (including phenoxy) is 2. The van der Waals surface area contributed by atoms with Crippen LogP contribution in [0.2, 0.25) is 5.02 Å². The fourth-order valence-corrected chi connectivity index (χ4v) is 2.78. The molecule has 0 aliphatic carbocycles. The zero-order chi connectivity index (χ0) is 22.1. The molecule has 158 valence electrons. The number of hydrogen-bond donors (Lipinski definition) is 0.